The molecular weight excluding hydrogens is 402 g/mol. The zero-order valence-electron chi connectivity index (χ0n) is 18.0. The van der Waals surface area contributed by atoms with Crippen molar-refractivity contribution in [1.82, 2.24) is 10.9 Å². The van der Waals surface area contributed by atoms with Crippen LogP contribution >= 0.6 is 0 Å². The topological polar surface area (TPSA) is 78.5 Å². The van der Waals surface area contributed by atoms with Gasteiger partial charge in [0.15, 0.2) is 0 Å². The number of anilines is 1. The van der Waals surface area contributed by atoms with Crippen LogP contribution in [0.4, 0.5) is 5.69 Å². The Morgan fingerprint density at radius 2 is 1.50 bits per heavy atom. The first kappa shape index (κ1) is 21.5. The Morgan fingerprint density at radius 3 is 2.06 bits per heavy atom. The van der Waals surface area contributed by atoms with Crippen molar-refractivity contribution in [3.8, 4) is 0 Å². The first-order valence-electron chi connectivity index (χ1n) is 10.5. The van der Waals surface area contributed by atoms with Crippen LogP contribution in [0.1, 0.15) is 34.6 Å². The van der Waals surface area contributed by atoms with Gasteiger partial charge in [-0.15, -0.1) is 0 Å². The Labute approximate surface area is 187 Å². The monoisotopic (exact) mass is 427 g/mol. The number of benzene rings is 3. The third-order valence-corrected chi connectivity index (χ3v) is 5.64. The first-order chi connectivity index (χ1) is 15.5. The van der Waals surface area contributed by atoms with Crippen molar-refractivity contribution in [2.45, 2.75) is 32.2 Å². The molecule has 162 valence electrons. The number of imide groups is 1. The second kappa shape index (κ2) is 9.16. The summed E-state index contributed by atoms with van der Waals surface area (Å²) < 4.78 is 0. The van der Waals surface area contributed by atoms with E-state index in [0.29, 0.717) is 5.69 Å². The predicted octanol–water partition coefficient (Wildman–Crippen LogP) is 3.39. The van der Waals surface area contributed by atoms with E-state index < -0.39 is 12.0 Å². The highest BCUT2D eigenvalue weighted by Crippen LogP contribution is 2.27. The van der Waals surface area contributed by atoms with Crippen molar-refractivity contribution in [2.75, 3.05) is 4.90 Å². The average molecular weight is 428 g/mol. The van der Waals surface area contributed by atoms with Gasteiger partial charge in [-0.2, -0.15) is 0 Å². The molecule has 1 fully saturated rings. The van der Waals surface area contributed by atoms with Gasteiger partial charge in [-0.3, -0.25) is 19.8 Å². The van der Waals surface area contributed by atoms with Crippen molar-refractivity contribution < 1.29 is 14.4 Å². The standard InChI is InChI=1S/C26H25N3O3/c1-17-13-14-22(18(2)15-17)29-23(30)16-21(26(29)32)27-28-25(31)24(19-9-5-3-6-10-19)20-11-7-4-8-12-20/h3-15,21,24,27H,16H2,1-2H3,(H,28,31). The average Bonchev–Trinajstić information content (AvgIpc) is 3.07. The van der Waals surface area contributed by atoms with Crippen LogP contribution in [0.25, 0.3) is 0 Å². The second-order valence-corrected chi connectivity index (χ2v) is 8.00. The number of nitrogens with one attached hydrogen (secondary N) is 2. The molecule has 4 rings (SSSR count). The molecule has 1 saturated heterocycles. The lowest BCUT2D eigenvalue weighted by atomic mass is 9.91. The van der Waals surface area contributed by atoms with Gasteiger partial charge in [-0.1, -0.05) is 78.4 Å². The molecule has 0 bridgehead atoms. The van der Waals surface area contributed by atoms with E-state index >= 15 is 0 Å². The SMILES string of the molecule is Cc1ccc(N2C(=O)CC(NNC(=O)C(c3ccccc3)c3ccccc3)C2=O)c(C)c1. The van der Waals surface area contributed by atoms with Gasteiger partial charge in [0, 0.05) is 0 Å². The second-order valence-electron chi connectivity index (χ2n) is 8.00. The molecule has 1 aliphatic rings. The minimum atomic E-state index is -0.820. The molecule has 0 aliphatic carbocycles. The molecule has 3 aromatic carbocycles. The molecule has 6 heteroatoms. The summed E-state index contributed by atoms with van der Waals surface area (Å²) in [5.41, 5.74) is 9.64. The van der Waals surface area contributed by atoms with Crippen LogP contribution in [0, 0.1) is 13.8 Å². The lowest BCUT2D eigenvalue weighted by Gasteiger charge is -2.20. The van der Waals surface area contributed by atoms with Crippen LogP contribution in [0.3, 0.4) is 0 Å². The predicted molar refractivity (Wildman–Crippen MR) is 123 cm³/mol. The fourth-order valence-corrected chi connectivity index (χ4v) is 4.07. The number of carbonyl (C=O) groups excluding carboxylic acids is 3. The summed E-state index contributed by atoms with van der Waals surface area (Å²) in [6.45, 7) is 3.83. The highest BCUT2D eigenvalue weighted by molar-refractivity contribution is 6.22. The summed E-state index contributed by atoms with van der Waals surface area (Å²) in [6.07, 6.45) is -0.0201. The molecule has 3 amide bonds. The number of carbonyl (C=O) groups is 3. The smallest absolute Gasteiger partial charge is 0.253 e. The number of hydrazine groups is 1. The van der Waals surface area contributed by atoms with E-state index in [4.69, 9.17) is 0 Å². The van der Waals surface area contributed by atoms with Gasteiger partial charge in [0.25, 0.3) is 5.91 Å². The van der Waals surface area contributed by atoms with Crippen LogP contribution in [0.5, 0.6) is 0 Å². The molecular formula is C26H25N3O3. The van der Waals surface area contributed by atoms with E-state index in [1.807, 2.05) is 86.6 Å². The number of rotatable bonds is 6. The van der Waals surface area contributed by atoms with Crippen molar-refractivity contribution >= 4 is 23.4 Å². The van der Waals surface area contributed by atoms with Crippen LogP contribution in [-0.4, -0.2) is 23.8 Å². The van der Waals surface area contributed by atoms with Crippen molar-refractivity contribution in [1.29, 1.82) is 0 Å². The van der Waals surface area contributed by atoms with E-state index in [0.717, 1.165) is 22.3 Å². The number of hydrogen-bond donors (Lipinski definition) is 2. The fraction of sp³-hybridized carbons (Fsp3) is 0.192. The number of nitrogens with zero attached hydrogens (tertiary/aromatic N) is 1. The molecule has 6 nitrogen and oxygen atoms in total. The molecule has 1 atom stereocenters. The maximum absolute atomic E-state index is 13.1. The highest BCUT2D eigenvalue weighted by Gasteiger charge is 2.40. The Bertz CT molecular complexity index is 1110. The van der Waals surface area contributed by atoms with Gasteiger partial charge >= 0.3 is 0 Å². The molecule has 3 aromatic rings. The van der Waals surface area contributed by atoms with Crippen LogP contribution in [0.2, 0.25) is 0 Å². The Kier molecular flexibility index (Phi) is 6.14. The van der Waals surface area contributed by atoms with E-state index in [2.05, 4.69) is 10.9 Å². The molecule has 2 N–H and O–H groups in total. The molecule has 0 aromatic heterocycles. The lowest BCUT2D eigenvalue weighted by Crippen LogP contribution is -2.49. The molecule has 1 unspecified atom stereocenters. The summed E-state index contributed by atoms with van der Waals surface area (Å²) in [5.74, 6) is -1.52. The molecule has 1 aliphatic heterocycles. The highest BCUT2D eigenvalue weighted by atomic mass is 16.2. The Morgan fingerprint density at radius 1 is 0.906 bits per heavy atom. The van der Waals surface area contributed by atoms with E-state index in [1.165, 1.54) is 4.90 Å². The molecule has 0 spiro atoms. The lowest BCUT2D eigenvalue weighted by molar-refractivity contribution is -0.123. The van der Waals surface area contributed by atoms with Gasteiger partial charge in [0.2, 0.25) is 11.8 Å². The molecule has 0 saturated carbocycles. The summed E-state index contributed by atoms with van der Waals surface area (Å²) in [7, 11) is 0. The summed E-state index contributed by atoms with van der Waals surface area (Å²) in [5, 5.41) is 0. The summed E-state index contributed by atoms with van der Waals surface area (Å²) >= 11 is 0. The van der Waals surface area contributed by atoms with Crippen LogP contribution < -0.4 is 15.8 Å². The first-order valence-corrected chi connectivity index (χ1v) is 10.5. The molecule has 0 radical (unpaired) electrons. The maximum atomic E-state index is 13.1. The zero-order valence-corrected chi connectivity index (χ0v) is 18.0. The molecule has 1 heterocycles. The summed E-state index contributed by atoms with van der Waals surface area (Å²) in [6, 6.07) is 23.7. The third-order valence-electron chi connectivity index (χ3n) is 5.64. The normalized spacial score (nSPS) is 16.0. The van der Waals surface area contributed by atoms with Gasteiger partial charge in [0.05, 0.1) is 18.0 Å². The Balaban J connectivity index is 1.50. The van der Waals surface area contributed by atoms with E-state index in [-0.39, 0.29) is 24.1 Å². The van der Waals surface area contributed by atoms with Gasteiger partial charge in [-0.05, 0) is 36.6 Å². The van der Waals surface area contributed by atoms with Crippen LogP contribution in [-0.2, 0) is 14.4 Å². The Hall–Kier alpha value is -3.77. The van der Waals surface area contributed by atoms with Gasteiger partial charge in [-0.25, -0.2) is 10.3 Å². The van der Waals surface area contributed by atoms with Crippen LogP contribution in [0.15, 0.2) is 78.9 Å². The third kappa shape index (κ3) is 4.31. The summed E-state index contributed by atoms with van der Waals surface area (Å²) in [4.78, 5) is 39.9. The van der Waals surface area contributed by atoms with Crippen molar-refractivity contribution in [2.24, 2.45) is 0 Å². The molecule has 32 heavy (non-hydrogen) atoms. The quantitative estimate of drug-likeness (QED) is 0.467. The minimum Gasteiger partial charge on any atom is -0.290 e. The van der Waals surface area contributed by atoms with Crippen molar-refractivity contribution in [3.63, 3.8) is 0 Å². The van der Waals surface area contributed by atoms with E-state index in [9.17, 15) is 14.4 Å². The van der Waals surface area contributed by atoms with Gasteiger partial charge < -0.3 is 0 Å². The zero-order chi connectivity index (χ0) is 22.7. The maximum Gasteiger partial charge on any atom is 0.253 e. The number of hydrogen-bond acceptors (Lipinski definition) is 4. The minimum absolute atomic E-state index is 0.0201. The number of aryl methyl sites for hydroxylation is 2. The van der Waals surface area contributed by atoms with Gasteiger partial charge in [0.1, 0.15) is 6.04 Å². The largest absolute Gasteiger partial charge is 0.290 e. The fourth-order valence-electron chi connectivity index (χ4n) is 4.07. The van der Waals surface area contributed by atoms with E-state index in [1.54, 1.807) is 6.07 Å². The number of amides is 3. The van der Waals surface area contributed by atoms with Crippen molar-refractivity contribution in [3.05, 3.63) is 101 Å².